The number of rotatable bonds is 6. The van der Waals surface area contributed by atoms with E-state index in [1.165, 1.54) is 0 Å². The van der Waals surface area contributed by atoms with Gasteiger partial charge in [0.25, 0.3) is 6.10 Å². The molecule has 1 atom stereocenters. The van der Waals surface area contributed by atoms with Crippen molar-refractivity contribution in [3.05, 3.63) is 59.4 Å². The number of esters is 1. The fourth-order valence-electron chi connectivity index (χ4n) is 2.16. The molecule has 1 N–H and O–H groups in total. The molecule has 0 saturated heterocycles. The first kappa shape index (κ1) is 27.7. The van der Waals surface area contributed by atoms with E-state index in [1.807, 2.05) is 0 Å². The molecule has 34 heavy (non-hydrogen) atoms. The van der Waals surface area contributed by atoms with Gasteiger partial charge in [0.15, 0.2) is 27.6 Å². The Morgan fingerprint density at radius 1 is 1.00 bits per heavy atom. The molecule has 2 aromatic rings. The maximum Gasteiger partial charge on any atom is 0.432 e. The van der Waals surface area contributed by atoms with Gasteiger partial charge in [-0.3, -0.25) is 0 Å². The monoisotopic (exact) mass is 554 g/mol. The quantitative estimate of drug-likeness (QED) is 0.136. The second-order valence-electron chi connectivity index (χ2n) is 6.10. The van der Waals surface area contributed by atoms with Crippen LogP contribution in [0.1, 0.15) is 10.4 Å². The Morgan fingerprint density at radius 2 is 1.56 bits per heavy atom. The van der Waals surface area contributed by atoms with Gasteiger partial charge in [0.2, 0.25) is 0 Å². The lowest BCUT2D eigenvalue weighted by Crippen LogP contribution is -2.52. The molecule has 0 aliphatic heterocycles. The summed E-state index contributed by atoms with van der Waals surface area (Å²) in [7, 11) is -6.84. The van der Waals surface area contributed by atoms with Crippen LogP contribution in [0.3, 0.4) is 0 Å². The standard InChI is InChI=1S/C17H9F8NO5S3/c18-9-5-6-10(12(20)11(9)19)26-15(32)33-8-3-1-7(2-4-8)13(27)31-14(16(21,22)23)17(24,25)34(28,29)30/h1-6,14H,(H,26,32)(H,28,29,30)/p-1. The first-order valence-corrected chi connectivity index (χ1v) is 10.9. The Bertz CT molecular complexity index is 1200. The van der Waals surface area contributed by atoms with Crippen LogP contribution in [0.25, 0.3) is 0 Å². The normalized spacial score (nSPS) is 13.3. The number of carbonyl (C=O) groups excluding carboxylic acids is 1. The highest BCUT2D eigenvalue weighted by molar-refractivity contribution is 8.23. The van der Waals surface area contributed by atoms with Crippen LogP contribution in [-0.2, 0) is 14.9 Å². The van der Waals surface area contributed by atoms with Gasteiger partial charge in [0.05, 0.1) is 11.3 Å². The summed E-state index contributed by atoms with van der Waals surface area (Å²) < 4.78 is 140. The Morgan fingerprint density at radius 3 is 2.06 bits per heavy atom. The summed E-state index contributed by atoms with van der Waals surface area (Å²) in [5.74, 6) is -6.78. The summed E-state index contributed by atoms with van der Waals surface area (Å²) in [6, 6.07) is 5.16. The van der Waals surface area contributed by atoms with Crippen molar-refractivity contribution < 1.29 is 57.6 Å². The third-order valence-corrected chi connectivity index (χ3v) is 5.76. The molecule has 2 aromatic carbocycles. The number of anilines is 1. The zero-order chi connectivity index (χ0) is 26.1. The molecule has 0 aliphatic carbocycles. The fourth-order valence-corrected chi connectivity index (χ4v) is 3.65. The van der Waals surface area contributed by atoms with Gasteiger partial charge >= 0.3 is 17.4 Å². The molecule has 0 amide bonds. The molecule has 0 spiro atoms. The van der Waals surface area contributed by atoms with E-state index < -0.39 is 62.3 Å². The van der Waals surface area contributed by atoms with Crippen LogP contribution >= 0.6 is 24.0 Å². The molecule has 0 saturated carbocycles. The number of ether oxygens (including phenoxy) is 1. The SMILES string of the molecule is O=C(OC(C(F)(F)F)C(F)(F)S(=O)(=O)[O-])c1ccc(SC(=S)Nc2ccc(F)c(F)c2F)cc1. The number of hydrogen-bond acceptors (Lipinski definition) is 7. The predicted octanol–water partition coefficient (Wildman–Crippen LogP) is 4.82. The van der Waals surface area contributed by atoms with Crippen LogP contribution in [0, 0.1) is 17.5 Å². The molecule has 186 valence electrons. The van der Waals surface area contributed by atoms with Crippen LogP contribution < -0.4 is 5.32 Å². The van der Waals surface area contributed by atoms with E-state index in [9.17, 15) is 52.9 Å². The van der Waals surface area contributed by atoms with E-state index >= 15 is 0 Å². The zero-order valence-corrected chi connectivity index (χ0v) is 18.3. The summed E-state index contributed by atoms with van der Waals surface area (Å²) in [5.41, 5.74) is -1.24. The van der Waals surface area contributed by atoms with Gasteiger partial charge in [-0.05, 0) is 36.4 Å². The number of nitrogens with one attached hydrogen (secondary N) is 1. The van der Waals surface area contributed by atoms with Gasteiger partial charge in [-0.15, -0.1) is 0 Å². The molecule has 0 aromatic heterocycles. The maximum absolute atomic E-state index is 13.7. The van der Waals surface area contributed by atoms with Gasteiger partial charge in [0, 0.05) is 4.90 Å². The molecular formula is C17H8F8NO5S3-. The predicted molar refractivity (Wildman–Crippen MR) is 105 cm³/mol. The number of alkyl halides is 5. The summed E-state index contributed by atoms with van der Waals surface area (Å²) in [4.78, 5) is 12.0. The molecule has 0 heterocycles. The third kappa shape index (κ3) is 6.34. The number of carbonyl (C=O) groups is 1. The highest BCUT2D eigenvalue weighted by Gasteiger charge is 2.63. The van der Waals surface area contributed by atoms with E-state index in [2.05, 4.69) is 10.1 Å². The first-order chi connectivity index (χ1) is 15.4. The van der Waals surface area contributed by atoms with Crippen LogP contribution in [0.15, 0.2) is 41.3 Å². The molecular weight excluding hydrogens is 546 g/mol. The van der Waals surface area contributed by atoms with Crippen molar-refractivity contribution in [2.45, 2.75) is 22.4 Å². The Labute approximate surface area is 195 Å². The Balaban J connectivity index is 2.13. The van der Waals surface area contributed by atoms with Crippen LogP contribution in [0.2, 0.25) is 0 Å². The lowest BCUT2D eigenvalue weighted by molar-refractivity contribution is -0.248. The molecule has 6 nitrogen and oxygen atoms in total. The second kappa shape index (κ2) is 10.0. The van der Waals surface area contributed by atoms with Crippen LogP contribution in [0.5, 0.6) is 0 Å². The van der Waals surface area contributed by atoms with Gasteiger partial charge in [-0.1, -0.05) is 24.0 Å². The van der Waals surface area contributed by atoms with Crippen LogP contribution in [0.4, 0.5) is 40.8 Å². The minimum atomic E-state index is -6.84. The van der Waals surface area contributed by atoms with Crippen LogP contribution in [-0.4, -0.2) is 40.8 Å². The lowest BCUT2D eigenvalue weighted by atomic mass is 10.2. The third-order valence-electron chi connectivity index (χ3n) is 3.73. The summed E-state index contributed by atoms with van der Waals surface area (Å²) in [6.07, 6.45) is -10.7. The molecule has 17 heteroatoms. The average molecular weight is 554 g/mol. The number of halogens is 8. The maximum atomic E-state index is 13.7. The molecule has 2 rings (SSSR count). The highest BCUT2D eigenvalue weighted by atomic mass is 32.2. The Hall–Kier alpha value is -2.50. The topological polar surface area (TPSA) is 95.5 Å². The van der Waals surface area contributed by atoms with E-state index in [0.29, 0.717) is 17.8 Å². The van der Waals surface area contributed by atoms with Crippen molar-refractivity contribution in [2.75, 3.05) is 5.32 Å². The van der Waals surface area contributed by atoms with Crippen molar-refractivity contribution in [3.8, 4) is 0 Å². The van der Waals surface area contributed by atoms with E-state index in [4.69, 9.17) is 12.2 Å². The first-order valence-electron chi connectivity index (χ1n) is 8.28. The zero-order valence-electron chi connectivity index (χ0n) is 15.8. The number of thiocarbonyl (C=S) groups is 1. The molecule has 0 radical (unpaired) electrons. The summed E-state index contributed by atoms with van der Waals surface area (Å²) in [6.45, 7) is 0. The summed E-state index contributed by atoms with van der Waals surface area (Å²) >= 11 is 5.56. The van der Waals surface area contributed by atoms with Crippen molar-refractivity contribution in [1.82, 2.24) is 0 Å². The summed E-state index contributed by atoms with van der Waals surface area (Å²) in [5, 5.41) is -3.73. The van der Waals surface area contributed by atoms with Crippen molar-refractivity contribution >= 4 is 50.1 Å². The van der Waals surface area contributed by atoms with Gasteiger partial charge in [0.1, 0.15) is 4.32 Å². The van der Waals surface area contributed by atoms with Crippen molar-refractivity contribution in [1.29, 1.82) is 0 Å². The van der Waals surface area contributed by atoms with Crippen molar-refractivity contribution in [3.63, 3.8) is 0 Å². The van der Waals surface area contributed by atoms with Gasteiger partial charge in [-0.2, -0.15) is 22.0 Å². The number of hydrogen-bond donors (Lipinski definition) is 1. The van der Waals surface area contributed by atoms with E-state index in [-0.39, 0.29) is 9.22 Å². The second-order valence-corrected chi connectivity index (χ2v) is 9.31. The Kier molecular flexibility index (Phi) is 8.17. The minimum Gasteiger partial charge on any atom is -0.743 e. The largest absolute Gasteiger partial charge is 0.743 e. The molecule has 0 aliphatic rings. The van der Waals surface area contributed by atoms with E-state index in [1.54, 1.807) is 0 Å². The highest BCUT2D eigenvalue weighted by Crippen LogP contribution is 2.38. The molecule has 1 unspecified atom stereocenters. The number of thioether (sulfide) groups is 1. The average Bonchev–Trinajstić information content (AvgIpc) is 2.71. The molecule has 0 fully saturated rings. The smallest absolute Gasteiger partial charge is 0.432 e. The number of benzene rings is 2. The molecule has 0 bridgehead atoms. The van der Waals surface area contributed by atoms with Gasteiger partial charge < -0.3 is 14.6 Å². The fraction of sp³-hybridized carbons (Fsp3) is 0.176. The minimum absolute atomic E-state index is 0.164. The van der Waals surface area contributed by atoms with Gasteiger partial charge in [-0.25, -0.2) is 26.4 Å². The van der Waals surface area contributed by atoms with Crippen molar-refractivity contribution in [2.24, 2.45) is 0 Å². The van der Waals surface area contributed by atoms with E-state index in [0.717, 1.165) is 30.3 Å². The lowest BCUT2D eigenvalue weighted by Gasteiger charge is -2.29.